The molecule has 0 unspecified atom stereocenters. The maximum Gasteiger partial charge on any atom is 0.223 e. The van der Waals surface area contributed by atoms with Crippen molar-refractivity contribution in [3.8, 4) is 0 Å². The highest BCUT2D eigenvalue weighted by Crippen LogP contribution is 2.21. The zero-order chi connectivity index (χ0) is 21.5. The van der Waals surface area contributed by atoms with Gasteiger partial charge >= 0.3 is 0 Å². The summed E-state index contributed by atoms with van der Waals surface area (Å²) in [5, 5.41) is 3.10. The maximum absolute atomic E-state index is 12.2. The average Bonchev–Trinajstić information content (AvgIpc) is 3.10. The van der Waals surface area contributed by atoms with Crippen molar-refractivity contribution in [1.29, 1.82) is 0 Å². The number of carbonyl (C=O) groups excluding carboxylic acids is 1. The molecule has 3 rings (SSSR count). The molecular weight excluding hydrogens is 370 g/mol. The number of imidazole rings is 1. The average molecular weight is 406 g/mol. The Morgan fingerprint density at radius 1 is 1.03 bits per heavy atom. The van der Waals surface area contributed by atoms with Crippen LogP contribution in [0, 0.1) is 5.92 Å². The van der Waals surface area contributed by atoms with Gasteiger partial charge in [-0.05, 0) is 48.4 Å². The lowest BCUT2D eigenvalue weighted by molar-refractivity contribution is -0.125. The molecule has 1 heterocycles. The summed E-state index contributed by atoms with van der Waals surface area (Å²) in [6.45, 7) is 10.1. The highest BCUT2D eigenvalue weighted by molar-refractivity contribution is 5.78. The molecule has 0 atom stereocenters. The number of rotatable bonds is 10. The van der Waals surface area contributed by atoms with E-state index in [0.717, 1.165) is 43.6 Å². The number of aromatic nitrogens is 2. The number of aryl methyl sites for hydroxylation is 1. The Morgan fingerprint density at radius 3 is 2.40 bits per heavy atom. The van der Waals surface area contributed by atoms with Gasteiger partial charge in [0.2, 0.25) is 5.91 Å². The smallest absolute Gasteiger partial charge is 0.223 e. The van der Waals surface area contributed by atoms with Crippen molar-refractivity contribution in [2.24, 2.45) is 5.92 Å². The topological polar surface area (TPSA) is 46.9 Å². The molecule has 0 radical (unpaired) electrons. The van der Waals surface area contributed by atoms with Crippen LogP contribution in [0.5, 0.6) is 0 Å². The van der Waals surface area contributed by atoms with Crippen LogP contribution in [-0.4, -0.2) is 22.0 Å². The number of benzene rings is 2. The normalized spacial score (nSPS) is 11.5. The van der Waals surface area contributed by atoms with E-state index in [9.17, 15) is 4.79 Å². The van der Waals surface area contributed by atoms with Gasteiger partial charge in [-0.2, -0.15) is 0 Å². The van der Waals surface area contributed by atoms with Gasteiger partial charge in [0.1, 0.15) is 5.82 Å². The first-order valence-electron chi connectivity index (χ1n) is 11.3. The first-order valence-corrected chi connectivity index (χ1v) is 11.3. The SMILES string of the molecule is CCC(CC)C(=O)NCCCc1nc2ccccc2n1Cc1ccc(C(C)C)cc1. The van der Waals surface area contributed by atoms with Crippen molar-refractivity contribution in [3.63, 3.8) is 0 Å². The monoisotopic (exact) mass is 405 g/mol. The van der Waals surface area contributed by atoms with E-state index in [1.54, 1.807) is 0 Å². The molecule has 2 aromatic carbocycles. The lowest BCUT2D eigenvalue weighted by Crippen LogP contribution is -2.31. The van der Waals surface area contributed by atoms with Crippen LogP contribution in [0.25, 0.3) is 11.0 Å². The zero-order valence-electron chi connectivity index (χ0n) is 18.8. The van der Waals surface area contributed by atoms with Crippen LogP contribution in [0.3, 0.4) is 0 Å². The molecule has 0 spiro atoms. The number of nitrogens with zero attached hydrogens (tertiary/aromatic N) is 2. The van der Waals surface area contributed by atoms with Crippen molar-refractivity contribution in [2.45, 2.75) is 65.8 Å². The van der Waals surface area contributed by atoms with E-state index in [0.29, 0.717) is 12.5 Å². The molecule has 1 N–H and O–H groups in total. The predicted octanol–water partition coefficient (Wildman–Crippen LogP) is 5.69. The highest BCUT2D eigenvalue weighted by atomic mass is 16.1. The summed E-state index contributed by atoms with van der Waals surface area (Å²) in [6.07, 6.45) is 3.53. The second-order valence-corrected chi connectivity index (χ2v) is 8.41. The Morgan fingerprint density at radius 2 is 1.73 bits per heavy atom. The van der Waals surface area contributed by atoms with E-state index in [1.165, 1.54) is 16.6 Å². The van der Waals surface area contributed by atoms with E-state index in [1.807, 2.05) is 6.07 Å². The molecule has 1 amide bonds. The molecule has 3 aromatic rings. The van der Waals surface area contributed by atoms with Gasteiger partial charge < -0.3 is 9.88 Å². The van der Waals surface area contributed by atoms with Crippen LogP contribution in [0.2, 0.25) is 0 Å². The summed E-state index contributed by atoms with van der Waals surface area (Å²) in [5.41, 5.74) is 4.85. The third-order valence-corrected chi connectivity index (χ3v) is 5.95. The molecule has 0 fully saturated rings. The quantitative estimate of drug-likeness (QED) is 0.440. The van der Waals surface area contributed by atoms with Crippen LogP contribution >= 0.6 is 0 Å². The fourth-order valence-corrected chi connectivity index (χ4v) is 3.95. The van der Waals surface area contributed by atoms with Crippen LogP contribution in [0.1, 0.15) is 69.8 Å². The third-order valence-electron chi connectivity index (χ3n) is 5.95. The van der Waals surface area contributed by atoms with Crippen LogP contribution in [0.15, 0.2) is 48.5 Å². The van der Waals surface area contributed by atoms with Gasteiger partial charge in [-0.15, -0.1) is 0 Å². The largest absolute Gasteiger partial charge is 0.356 e. The predicted molar refractivity (Wildman–Crippen MR) is 125 cm³/mol. The van der Waals surface area contributed by atoms with E-state index >= 15 is 0 Å². The number of hydrogen-bond acceptors (Lipinski definition) is 2. The Kier molecular flexibility index (Phi) is 7.67. The molecule has 0 aliphatic heterocycles. The summed E-state index contributed by atoms with van der Waals surface area (Å²) in [7, 11) is 0. The van der Waals surface area contributed by atoms with Crippen LogP contribution in [-0.2, 0) is 17.8 Å². The van der Waals surface area contributed by atoms with Gasteiger partial charge in [-0.25, -0.2) is 4.98 Å². The van der Waals surface area contributed by atoms with Crippen molar-refractivity contribution in [2.75, 3.05) is 6.54 Å². The molecule has 4 heteroatoms. The van der Waals surface area contributed by atoms with Crippen molar-refractivity contribution < 1.29 is 4.79 Å². The molecule has 0 saturated heterocycles. The summed E-state index contributed by atoms with van der Waals surface area (Å²) >= 11 is 0. The van der Waals surface area contributed by atoms with Gasteiger partial charge in [0.25, 0.3) is 0 Å². The highest BCUT2D eigenvalue weighted by Gasteiger charge is 2.14. The fraction of sp³-hybridized carbons (Fsp3) is 0.462. The standard InChI is InChI=1S/C26H35N3O/c1-5-21(6-2)26(30)27-17-9-12-25-28-23-10-7-8-11-24(23)29(25)18-20-13-15-22(16-14-20)19(3)4/h7-8,10-11,13-16,19,21H,5-6,9,12,17-18H2,1-4H3,(H,27,30). The van der Waals surface area contributed by atoms with Crippen LogP contribution in [0.4, 0.5) is 0 Å². The minimum atomic E-state index is 0.128. The zero-order valence-corrected chi connectivity index (χ0v) is 18.8. The van der Waals surface area contributed by atoms with Crippen molar-refractivity contribution in [3.05, 3.63) is 65.5 Å². The Hall–Kier alpha value is -2.62. The van der Waals surface area contributed by atoms with Gasteiger partial charge in [0, 0.05) is 25.4 Å². The van der Waals surface area contributed by atoms with Crippen LogP contribution < -0.4 is 5.32 Å². The van der Waals surface area contributed by atoms with Gasteiger partial charge in [0.05, 0.1) is 11.0 Å². The lowest BCUT2D eigenvalue weighted by Gasteiger charge is -2.13. The lowest BCUT2D eigenvalue weighted by atomic mass is 10.0. The molecule has 30 heavy (non-hydrogen) atoms. The molecule has 160 valence electrons. The molecular formula is C26H35N3O. The van der Waals surface area contributed by atoms with Gasteiger partial charge in [-0.3, -0.25) is 4.79 Å². The third kappa shape index (κ3) is 5.29. The molecule has 1 aromatic heterocycles. The molecule has 4 nitrogen and oxygen atoms in total. The maximum atomic E-state index is 12.2. The second-order valence-electron chi connectivity index (χ2n) is 8.41. The number of amides is 1. The Bertz CT molecular complexity index is 952. The summed E-state index contributed by atoms with van der Waals surface area (Å²) < 4.78 is 2.32. The number of nitrogens with one attached hydrogen (secondary N) is 1. The summed E-state index contributed by atoms with van der Waals surface area (Å²) in [6, 6.07) is 17.2. The van der Waals surface area contributed by atoms with E-state index in [-0.39, 0.29) is 11.8 Å². The van der Waals surface area contributed by atoms with Crippen molar-refractivity contribution in [1.82, 2.24) is 14.9 Å². The molecule has 0 aliphatic carbocycles. The molecule has 0 bridgehead atoms. The Labute approximate surface area is 180 Å². The Balaban J connectivity index is 1.71. The second kappa shape index (κ2) is 10.4. The fourth-order valence-electron chi connectivity index (χ4n) is 3.95. The number of para-hydroxylation sites is 2. The van der Waals surface area contributed by atoms with E-state index in [4.69, 9.17) is 4.98 Å². The first-order chi connectivity index (χ1) is 14.5. The van der Waals surface area contributed by atoms with Gasteiger partial charge in [-0.1, -0.05) is 64.1 Å². The summed E-state index contributed by atoms with van der Waals surface area (Å²) in [4.78, 5) is 17.1. The van der Waals surface area contributed by atoms with E-state index in [2.05, 4.69) is 80.0 Å². The van der Waals surface area contributed by atoms with E-state index < -0.39 is 0 Å². The minimum absolute atomic E-state index is 0.128. The molecule has 0 saturated carbocycles. The molecule has 0 aliphatic rings. The number of fused-ring (bicyclic) bond motifs is 1. The first kappa shape index (κ1) is 22.1. The minimum Gasteiger partial charge on any atom is -0.356 e. The number of hydrogen-bond donors (Lipinski definition) is 1. The number of carbonyl (C=O) groups is 1. The summed E-state index contributed by atoms with van der Waals surface area (Å²) in [5.74, 6) is 1.93. The van der Waals surface area contributed by atoms with Crippen molar-refractivity contribution >= 4 is 16.9 Å². The van der Waals surface area contributed by atoms with Gasteiger partial charge in [0.15, 0.2) is 0 Å².